The Morgan fingerprint density at radius 3 is 2.79 bits per heavy atom. The maximum absolute atomic E-state index is 5.01. The lowest BCUT2D eigenvalue weighted by molar-refractivity contribution is 0.190. The van der Waals surface area contributed by atoms with Gasteiger partial charge in [-0.1, -0.05) is 0 Å². The molecule has 0 saturated heterocycles. The van der Waals surface area contributed by atoms with Crippen LogP contribution in [0.25, 0.3) is 0 Å². The van der Waals surface area contributed by atoms with Crippen LogP contribution in [0.15, 0.2) is 12.4 Å². The highest BCUT2D eigenvalue weighted by Gasteiger charge is 2.02. The average Bonchev–Trinajstić information content (AvgIpc) is 2.18. The van der Waals surface area contributed by atoms with Gasteiger partial charge in [-0.2, -0.15) is 0 Å². The van der Waals surface area contributed by atoms with Crippen molar-refractivity contribution in [1.82, 2.24) is 9.97 Å². The molecule has 1 aromatic heterocycles. The van der Waals surface area contributed by atoms with E-state index in [0.717, 1.165) is 11.6 Å². The monoisotopic (exact) mass is 196 g/mol. The molecule has 5 nitrogen and oxygen atoms in total. The summed E-state index contributed by atoms with van der Waals surface area (Å²) < 4.78 is 5.01. The molecule has 1 aromatic rings. The summed E-state index contributed by atoms with van der Waals surface area (Å²) in [6, 6.07) is 2.09. The van der Waals surface area contributed by atoms with Gasteiger partial charge < -0.3 is 15.4 Å². The van der Waals surface area contributed by atoms with E-state index in [9.17, 15) is 0 Å². The van der Waals surface area contributed by atoms with Crippen LogP contribution in [0.4, 0.5) is 11.6 Å². The van der Waals surface area contributed by atoms with Gasteiger partial charge in [-0.15, -0.1) is 0 Å². The Bertz CT molecular complexity index is 279. The predicted molar refractivity (Wildman–Crippen MR) is 56.5 cm³/mol. The van der Waals surface area contributed by atoms with Gasteiger partial charge in [-0.05, 0) is 6.92 Å². The molecule has 0 saturated carbocycles. The van der Waals surface area contributed by atoms with Crippen molar-refractivity contribution in [2.45, 2.75) is 13.0 Å². The first-order valence-electron chi connectivity index (χ1n) is 4.51. The second-order valence-electron chi connectivity index (χ2n) is 3.04. The number of nitrogens with zero attached hydrogens (tertiary/aromatic N) is 2. The largest absolute Gasteiger partial charge is 0.383 e. The standard InChI is InChI=1S/C9H16N4O/c1-7(5-14-3)13-9-4-8(10-2)11-6-12-9/h4,6-7H,5H2,1-3H3,(H2,10,11,12,13). The van der Waals surface area contributed by atoms with Gasteiger partial charge in [0, 0.05) is 26.3 Å². The normalized spacial score (nSPS) is 12.2. The van der Waals surface area contributed by atoms with Crippen molar-refractivity contribution in [3.05, 3.63) is 12.4 Å². The van der Waals surface area contributed by atoms with E-state index >= 15 is 0 Å². The smallest absolute Gasteiger partial charge is 0.131 e. The van der Waals surface area contributed by atoms with Crippen molar-refractivity contribution in [3.63, 3.8) is 0 Å². The zero-order valence-electron chi connectivity index (χ0n) is 8.74. The van der Waals surface area contributed by atoms with E-state index in [1.54, 1.807) is 7.11 Å². The second-order valence-corrected chi connectivity index (χ2v) is 3.04. The Labute approximate surface area is 83.9 Å². The Hall–Kier alpha value is -1.36. The molecule has 0 bridgehead atoms. The van der Waals surface area contributed by atoms with Gasteiger partial charge in [0.15, 0.2) is 0 Å². The first-order chi connectivity index (χ1) is 6.76. The summed E-state index contributed by atoms with van der Waals surface area (Å²) in [6.45, 7) is 2.68. The quantitative estimate of drug-likeness (QED) is 0.734. The van der Waals surface area contributed by atoms with Crippen molar-refractivity contribution in [3.8, 4) is 0 Å². The zero-order valence-corrected chi connectivity index (χ0v) is 8.74. The van der Waals surface area contributed by atoms with E-state index in [0.29, 0.717) is 6.61 Å². The minimum absolute atomic E-state index is 0.236. The van der Waals surface area contributed by atoms with Crippen molar-refractivity contribution < 1.29 is 4.74 Å². The molecule has 1 atom stereocenters. The number of anilines is 2. The molecule has 2 N–H and O–H groups in total. The predicted octanol–water partition coefficient (Wildman–Crippen LogP) is 0.965. The summed E-state index contributed by atoms with van der Waals surface area (Å²) in [6.07, 6.45) is 1.52. The van der Waals surface area contributed by atoms with Crippen LogP contribution in [-0.2, 0) is 4.74 Å². The van der Waals surface area contributed by atoms with E-state index in [4.69, 9.17) is 4.74 Å². The van der Waals surface area contributed by atoms with E-state index < -0.39 is 0 Å². The molecule has 14 heavy (non-hydrogen) atoms. The van der Waals surface area contributed by atoms with Gasteiger partial charge in [0.1, 0.15) is 18.0 Å². The first-order valence-corrected chi connectivity index (χ1v) is 4.51. The van der Waals surface area contributed by atoms with Crippen LogP contribution in [0.3, 0.4) is 0 Å². The van der Waals surface area contributed by atoms with Crippen LogP contribution in [-0.4, -0.2) is 36.8 Å². The lowest BCUT2D eigenvalue weighted by Gasteiger charge is -2.13. The summed E-state index contributed by atoms with van der Waals surface area (Å²) in [5, 5.41) is 6.15. The molecule has 78 valence electrons. The third-order valence-corrected chi connectivity index (χ3v) is 1.73. The molecular weight excluding hydrogens is 180 g/mol. The van der Waals surface area contributed by atoms with Gasteiger partial charge in [-0.3, -0.25) is 0 Å². The number of hydrogen-bond acceptors (Lipinski definition) is 5. The Kier molecular flexibility index (Phi) is 4.12. The summed E-state index contributed by atoms with van der Waals surface area (Å²) in [7, 11) is 3.50. The lowest BCUT2D eigenvalue weighted by Crippen LogP contribution is -2.21. The highest BCUT2D eigenvalue weighted by Crippen LogP contribution is 2.08. The maximum atomic E-state index is 5.01. The molecule has 0 radical (unpaired) electrons. The molecule has 0 aliphatic carbocycles. The van der Waals surface area contributed by atoms with Crippen LogP contribution in [0.2, 0.25) is 0 Å². The van der Waals surface area contributed by atoms with Crippen LogP contribution >= 0.6 is 0 Å². The van der Waals surface area contributed by atoms with Crippen LogP contribution < -0.4 is 10.6 Å². The molecule has 1 rings (SSSR count). The summed E-state index contributed by atoms with van der Waals surface area (Å²) in [4.78, 5) is 8.11. The highest BCUT2D eigenvalue weighted by atomic mass is 16.5. The Morgan fingerprint density at radius 1 is 1.43 bits per heavy atom. The summed E-state index contributed by atoms with van der Waals surface area (Å²) in [5.74, 6) is 1.60. The van der Waals surface area contributed by atoms with Crippen LogP contribution in [0.5, 0.6) is 0 Å². The minimum Gasteiger partial charge on any atom is -0.383 e. The number of hydrogen-bond donors (Lipinski definition) is 2. The van der Waals surface area contributed by atoms with Gasteiger partial charge in [-0.25, -0.2) is 9.97 Å². The molecule has 0 aliphatic rings. The van der Waals surface area contributed by atoms with Gasteiger partial charge in [0.2, 0.25) is 0 Å². The number of rotatable bonds is 5. The molecule has 1 unspecified atom stereocenters. The Balaban J connectivity index is 2.57. The molecular formula is C9H16N4O. The summed E-state index contributed by atoms with van der Waals surface area (Å²) >= 11 is 0. The minimum atomic E-state index is 0.236. The second kappa shape index (κ2) is 5.39. The fraction of sp³-hybridized carbons (Fsp3) is 0.556. The van der Waals surface area contributed by atoms with E-state index in [2.05, 4.69) is 20.6 Å². The van der Waals surface area contributed by atoms with Gasteiger partial charge >= 0.3 is 0 Å². The highest BCUT2D eigenvalue weighted by molar-refractivity contribution is 5.46. The van der Waals surface area contributed by atoms with E-state index in [1.165, 1.54) is 6.33 Å². The fourth-order valence-electron chi connectivity index (χ4n) is 1.12. The third kappa shape index (κ3) is 3.18. The molecule has 0 aliphatic heterocycles. The van der Waals surface area contributed by atoms with Gasteiger partial charge in [0.05, 0.1) is 6.61 Å². The van der Waals surface area contributed by atoms with E-state index in [-0.39, 0.29) is 6.04 Å². The molecule has 0 spiro atoms. The lowest BCUT2D eigenvalue weighted by atomic mass is 10.3. The van der Waals surface area contributed by atoms with Crippen molar-refractivity contribution >= 4 is 11.6 Å². The molecule has 0 aromatic carbocycles. The van der Waals surface area contributed by atoms with Gasteiger partial charge in [0.25, 0.3) is 0 Å². The van der Waals surface area contributed by atoms with Crippen molar-refractivity contribution in [1.29, 1.82) is 0 Å². The van der Waals surface area contributed by atoms with Crippen molar-refractivity contribution in [2.24, 2.45) is 0 Å². The van der Waals surface area contributed by atoms with Crippen LogP contribution in [0, 0.1) is 0 Å². The summed E-state index contributed by atoms with van der Waals surface area (Å²) in [5.41, 5.74) is 0. The molecule has 0 fully saturated rings. The first kappa shape index (κ1) is 10.7. The fourth-order valence-corrected chi connectivity index (χ4v) is 1.12. The average molecular weight is 196 g/mol. The number of aromatic nitrogens is 2. The third-order valence-electron chi connectivity index (χ3n) is 1.73. The Morgan fingerprint density at radius 2 is 2.14 bits per heavy atom. The number of nitrogens with one attached hydrogen (secondary N) is 2. The maximum Gasteiger partial charge on any atom is 0.131 e. The topological polar surface area (TPSA) is 59.1 Å². The molecule has 0 amide bonds. The number of ether oxygens (including phenoxy) is 1. The molecule has 1 heterocycles. The van der Waals surface area contributed by atoms with Crippen molar-refractivity contribution in [2.75, 3.05) is 31.4 Å². The van der Waals surface area contributed by atoms with Crippen LogP contribution in [0.1, 0.15) is 6.92 Å². The zero-order chi connectivity index (χ0) is 10.4. The molecule has 5 heteroatoms. The SMILES string of the molecule is CNc1cc(NC(C)COC)ncn1. The number of methoxy groups -OCH3 is 1. The van der Waals surface area contributed by atoms with E-state index in [1.807, 2.05) is 20.0 Å².